The summed E-state index contributed by atoms with van der Waals surface area (Å²) >= 11 is 3.15. The van der Waals surface area contributed by atoms with Gasteiger partial charge in [0.05, 0.1) is 11.6 Å². The van der Waals surface area contributed by atoms with E-state index in [1.807, 2.05) is 0 Å². The molecule has 0 atom stereocenters. The predicted octanol–water partition coefficient (Wildman–Crippen LogP) is 2.94. The van der Waals surface area contributed by atoms with E-state index in [1.54, 1.807) is 6.07 Å². The smallest absolute Gasteiger partial charge is 0.168 e. The topological polar surface area (TPSA) is 46.5 Å². The van der Waals surface area contributed by atoms with Crippen molar-refractivity contribution < 1.29 is 19.0 Å². The highest BCUT2D eigenvalue weighted by atomic mass is 79.9. The standard InChI is InChI=1S/C12H14BrFO3/c1-17-12-9(13)6-8(7-10(12)14)11(16)4-2-3-5-15/h6-7,15H,2-5H2,1H3. The first kappa shape index (κ1) is 14.1. The lowest BCUT2D eigenvalue weighted by atomic mass is 10.1. The summed E-state index contributed by atoms with van der Waals surface area (Å²) in [5.41, 5.74) is 0.313. The Kier molecular flexibility index (Phi) is 5.58. The quantitative estimate of drug-likeness (QED) is 0.649. The number of unbranched alkanes of at least 4 members (excludes halogenated alkanes) is 1. The van der Waals surface area contributed by atoms with Gasteiger partial charge in [-0.1, -0.05) is 0 Å². The van der Waals surface area contributed by atoms with E-state index < -0.39 is 5.82 Å². The van der Waals surface area contributed by atoms with Crippen LogP contribution in [0.15, 0.2) is 16.6 Å². The van der Waals surface area contributed by atoms with Crippen molar-refractivity contribution in [2.75, 3.05) is 13.7 Å². The fraction of sp³-hybridized carbons (Fsp3) is 0.417. The van der Waals surface area contributed by atoms with E-state index in [2.05, 4.69) is 15.9 Å². The first-order chi connectivity index (χ1) is 8.10. The van der Waals surface area contributed by atoms with Crippen LogP contribution in [-0.4, -0.2) is 24.6 Å². The molecular formula is C12H14BrFO3. The van der Waals surface area contributed by atoms with Gasteiger partial charge in [-0.25, -0.2) is 4.39 Å². The van der Waals surface area contributed by atoms with Gasteiger partial charge in [0.15, 0.2) is 17.3 Å². The van der Waals surface area contributed by atoms with E-state index in [4.69, 9.17) is 9.84 Å². The largest absolute Gasteiger partial charge is 0.492 e. The molecule has 1 aromatic rings. The molecular weight excluding hydrogens is 291 g/mol. The summed E-state index contributed by atoms with van der Waals surface area (Å²) in [6.07, 6.45) is 1.48. The van der Waals surface area contributed by atoms with Crippen molar-refractivity contribution >= 4 is 21.7 Å². The Morgan fingerprint density at radius 2 is 2.18 bits per heavy atom. The molecule has 1 N–H and O–H groups in total. The molecule has 0 radical (unpaired) electrons. The number of ketones is 1. The van der Waals surface area contributed by atoms with Crippen molar-refractivity contribution in [3.05, 3.63) is 28.0 Å². The van der Waals surface area contributed by atoms with Crippen LogP contribution in [0.2, 0.25) is 0 Å². The Morgan fingerprint density at radius 3 is 2.71 bits per heavy atom. The molecule has 0 aliphatic rings. The molecule has 94 valence electrons. The minimum atomic E-state index is -0.563. The first-order valence-electron chi connectivity index (χ1n) is 5.27. The molecule has 0 fully saturated rings. The van der Waals surface area contributed by atoms with Gasteiger partial charge in [0.25, 0.3) is 0 Å². The molecule has 0 saturated heterocycles. The molecule has 0 aromatic heterocycles. The van der Waals surface area contributed by atoms with Crippen molar-refractivity contribution in [3.8, 4) is 5.75 Å². The van der Waals surface area contributed by atoms with Crippen LogP contribution in [-0.2, 0) is 0 Å². The monoisotopic (exact) mass is 304 g/mol. The van der Waals surface area contributed by atoms with Gasteiger partial charge in [-0.15, -0.1) is 0 Å². The summed E-state index contributed by atoms with van der Waals surface area (Å²) in [4.78, 5) is 11.7. The lowest BCUT2D eigenvalue weighted by Gasteiger charge is -2.07. The third kappa shape index (κ3) is 3.78. The molecule has 1 aromatic carbocycles. The number of ether oxygens (including phenoxy) is 1. The first-order valence-corrected chi connectivity index (χ1v) is 6.06. The Bertz CT molecular complexity index is 384. The summed E-state index contributed by atoms with van der Waals surface area (Å²) in [5.74, 6) is -0.606. The third-order valence-corrected chi connectivity index (χ3v) is 2.93. The van der Waals surface area contributed by atoms with E-state index in [-0.39, 0.29) is 18.1 Å². The molecule has 0 spiro atoms. The van der Waals surface area contributed by atoms with Crippen LogP contribution in [0, 0.1) is 5.82 Å². The number of rotatable bonds is 6. The van der Waals surface area contributed by atoms with Crippen molar-refractivity contribution in [1.29, 1.82) is 0 Å². The molecule has 0 heterocycles. The summed E-state index contributed by atoms with van der Waals surface area (Å²) in [7, 11) is 1.37. The van der Waals surface area contributed by atoms with Crippen LogP contribution in [0.1, 0.15) is 29.6 Å². The Hall–Kier alpha value is -0.940. The second-order valence-electron chi connectivity index (χ2n) is 3.58. The third-order valence-electron chi connectivity index (χ3n) is 2.34. The number of aliphatic hydroxyl groups is 1. The molecule has 0 aliphatic heterocycles. The van der Waals surface area contributed by atoms with Gasteiger partial charge in [-0.2, -0.15) is 0 Å². The molecule has 1 rings (SSSR count). The number of hydrogen-bond donors (Lipinski definition) is 1. The van der Waals surface area contributed by atoms with Crippen LogP contribution < -0.4 is 4.74 Å². The highest BCUT2D eigenvalue weighted by molar-refractivity contribution is 9.10. The number of methoxy groups -OCH3 is 1. The molecule has 0 bridgehead atoms. The van der Waals surface area contributed by atoms with Crippen molar-refractivity contribution in [2.24, 2.45) is 0 Å². The molecule has 17 heavy (non-hydrogen) atoms. The normalized spacial score (nSPS) is 10.4. The van der Waals surface area contributed by atoms with Gasteiger partial charge >= 0.3 is 0 Å². The summed E-state index contributed by atoms with van der Waals surface area (Å²) in [6.45, 7) is 0.0634. The van der Waals surface area contributed by atoms with E-state index >= 15 is 0 Å². The van der Waals surface area contributed by atoms with E-state index in [9.17, 15) is 9.18 Å². The number of benzene rings is 1. The number of hydrogen-bond acceptors (Lipinski definition) is 3. The second-order valence-corrected chi connectivity index (χ2v) is 4.43. The maximum absolute atomic E-state index is 13.5. The molecule has 0 amide bonds. The summed E-state index contributed by atoms with van der Waals surface area (Å²) in [6, 6.07) is 2.72. The minimum Gasteiger partial charge on any atom is -0.492 e. The van der Waals surface area contributed by atoms with Crippen LogP contribution in [0.5, 0.6) is 5.75 Å². The van der Waals surface area contributed by atoms with E-state index in [0.717, 1.165) is 0 Å². The van der Waals surface area contributed by atoms with Gasteiger partial charge in [0, 0.05) is 18.6 Å². The minimum absolute atomic E-state index is 0.0634. The average molecular weight is 305 g/mol. The lowest BCUT2D eigenvalue weighted by molar-refractivity contribution is 0.0977. The number of carbonyl (C=O) groups is 1. The molecule has 3 nitrogen and oxygen atoms in total. The van der Waals surface area contributed by atoms with E-state index in [0.29, 0.717) is 29.3 Å². The molecule has 5 heteroatoms. The van der Waals surface area contributed by atoms with Gasteiger partial charge in [0.2, 0.25) is 0 Å². The van der Waals surface area contributed by atoms with Gasteiger partial charge in [0.1, 0.15) is 0 Å². The highest BCUT2D eigenvalue weighted by Crippen LogP contribution is 2.29. The lowest BCUT2D eigenvalue weighted by Crippen LogP contribution is -2.02. The maximum Gasteiger partial charge on any atom is 0.168 e. The number of halogens is 2. The SMILES string of the molecule is COc1c(F)cc(C(=O)CCCCO)cc1Br. The fourth-order valence-electron chi connectivity index (χ4n) is 1.46. The number of carbonyl (C=O) groups excluding carboxylic acids is 1. The Morgan fingerprint density at radius 1 is 1.47 bits per heavy atom. The maximum atomic E-state index is 13.5. The van der Waals surface area contributed by atoms with Crippen LogP contribution in [0.25, 0.3) is 0 Å². The zero-order valence-electron chi connectivity index (χ0n) is 9.50. The highest BCUT2D eigenvalue weighted by Gasteiger charge is 2.13. The van der Waals surface area contributed by atoms with Gasteiger partial charge in [-0.05, 0) is 40.9 Å². The van der Waals surface area contributed by atoms with Gasteiger partial charge in [-0.3, -0.25) is 4.79 Å². The molecule has 0 saturated carbocycles. The number of Topliss-reactive ketones (excluding diaryl/α,β-unsaturated/α-hetero) is 1. The predicted molar refractivity (Wildman–Crippen MR) is 65.9 cm³/mol. The average Bonchev–Trinajstić information content (AvgIpc) is 2.28. The summed E-state index contributed by atoms with van der Waals surface area (Å²) in [5, 5.41) is 8.61. The van der Waals surface area contributed by atoms with Crippen LogP contribution in [0.3, 0.4) is 0 Å². The second kappa shape index (κ2) is 6.71. The molecule has 0 aliphatic carbocycles. The van der Waals surface area contributed by atoms with Crippen LogP contribution >= 0.6 is 15.9 Å². The molecule has 0 unspecified atom stereocenters. The van der Waals surface area contributed by atoms with Crippen molar-refractivity contribution in [1.82, 2.24) is 0 Å². The van der Waals surface area contributed by atoms with Crippen molar-refractivity contribution in [3.63, 3.8) is 0 Å². The Balaban J connectivity index is 2.81. The Labute approximate surface area is 108 Å². The zero-order valence-corrected chi connectivity index (χ0v) is 11.1. The van der Waals surface area contributed by atoms with Crippen LogP contribution in [0.4, 0.5) is 4.39 Å². The fourth-order valence-corrected chi connectivity index (χ4v) is 2.06. The van der Waals surface area contributed by atoms with Crippen molar-refractivity contribution in [2.45, 2.75) is 19.3 Å². The zero-order chi connectivity index (χ0) is 12.8. The van der Waals surface area contributed by atoms with Gasteiger partial charge < -0.3 is 9.84 Å². The number of aliphatic hydroxyl groups excluding tert-OH is 1. The summed E-state index contributed by atoms with van der Waals surface area (Å²) < 4.78 is 18.8. The van der Waals surface area contributed by atoms with E-state index in [1.165, 1.54) is 13.2 Å².